The zero-order chi connectivity index (χ0) is 13.2. The zero-order valence-corrected chi connectivity index (χ0v) is 10.7. The number of sulfone groups is 1. The van der Waals surface area contributed by atoms with Gasteiger partial charge in [0.05, 0.1) is 4.90 Å². The Hall–Kier alpha value is -1.88. The molecule has 0 aliphatic carbocycles. The minimum Gasteiger partial charge on any atom is -0.618 e. The van der Waals surface area contributed by atoms with Crippen molar-refractivity contribution in [3.05, 3.63) is 65.1 Å². The minimum atomic E-state index is -3.47. The highest BCUT2D eigenvalue weighted by molar-refractivity contribution is 7.90. The van der Waals surface area contributed by atoms with Crippen molar-refractivity contribution in [1.29, 1.82) is 0 Å². The molecule has 0 atom stereocenters. The molecule has 0 saturated carbocycles. The molecule has 18 heavy (non-hydrogen) atoms. The number of nitrogens with zero attached hydrogens (tertiary/aromatic N) is 1. The molecular formula is C13H13NO3S. The minimum absolute atomic E-state index is 0.220. The highest BCUT2D eigenvalue weighted by Gasteiger charge is 2.19. The quantitative estimate of drug-likeness (QED) is 0.624. The summed E-state index contributed by atoms with van der Waals surface area (Å²) in [4.78, 5) is 0.233. The molecule has 0 amide bonds. The summed E-state index contributed by atoms with van der Waals surface area (Å²) in [7, 11) is -3.47. The van der Waals surface area contributed by atoms with Crippen molar-refractivity contribution in [2.45, 2.75) is 17.6 Å². The van der Waals surface area contributed by atoms with Crippen LogP contribution in [0.3, 0.4) is 0 Å². The summed E-state index contributed by atoms with van der Waals surface area (Å²) in [5.74, 6) is -0.291. The largest absolute Gasteiger partial charge is 0.618 e. The molecule has 0 spiro atoms. The zero-order valence-electron chi connectivity index (χ0n) is 9.91. The number of hydrogen-bond donors (Lipinski definition) is 0. The van der Waals surface area contributed by atoms with Gasteiger partial charge in [0.1, 0.15) is 5.75 Å². The normalized spacial score (nSPS) is 11.4. The average Bonchev–Trinajstić information content (AvgIpc) is 2.32. The second-order valence-corrected chi connectivity index (χ2v) is 6.08. The molecule has 2 rings (SSSR count). The number of aryl methyl sites for hydroxylation is 1. The van der Waals surface area contributed by atoms with Crippen molar-refractivity contribution < 1.29 is 13.1 Å². The first kappa shape index (κ1) is 12.6. The molecule has 1 heterocycles. The topological polar surface area (TPSA) is 61.1 Å². The molecule has 0 aliphatic heterocycles. The van der Waals surface area contributed by atoms with Crippen LogP contribution in [0.15, 0.2) is 53.6 Å². The van der Waals surface area contributed by atoms with Crippen LogP contribution in [0.25, 0.3) is 0 Å². The van der Waals surface area contributed by atoms with Crippen LogP contribution in [0.4, 0.5) is 0 Å². The molecule has 0 fully saturated rings. The third kappa shape index (κ3) is 2.68. The van der Waals surface area contributed by atoms with Crippen LogP contribution in [0.1, 0.15) is 11.3 Å². The van der Waals surface area contributed by atoms with Crippen LogP contribution in [0, 0.1) is 12.1 Å². The number of hydrogen-bond acceptors (Lipinski definition) is 3. The van der Waals surface area contributed by atoms with E-state index in [0.717, 1.165) is 5.56 Å². The van der Waals surface area contributed by atoms with E-state index in [-0.39, 0.29) is 16.3 Å². The van der Waals surface area contributed by atoms with E-state index in [1.54, 1.807) is 36.4 Å². The van der Waals surface area contributed by atoms with Gasteiger partial charge in [-0.2, -0.15) is 4.73 Å². The fourth-order valence-electron chi connectivity index (χ4n) is 1.60. The van der Waals surface area contributed by atoms with Gasteiger partial charge in [0.25, 0.3) is 0 Å². The summed E-state index contributed by atoms with van der Waals surface area (Å²) in [5, 5.41) is 11.4. The highest BCUT2D eigenvalue weighted by Crippen LogP contribution is 2.15. The third-order valence-corrected chi connectivity index (χ3v) is 4.29. The van der Waals surface area contributed by atoms with E-state index in [1.165, 1.54) is 12.3 Å². The van der Waals surface area contributed by atoms with Crippen molar-refractivity contribution in [3.8, 4) is 0 Å². The van der Waals surface area contributed by atoms with Gasteiger partial charge in [-0.25, -0.2) is 8.42 Å². The van der Waals surface area contributed by atoms with Gasteiger partial charge in [-0.3, -0.25) is 0 Å². The number of benzene rings is 1. The van der Waals surface area contributed by atoms with Crippen LogP contribution in [-0.2, 0) is 15.6 Å². The first-order valence-electron chi connectivity index (χ1n) is 5.45. The maximum Gasteiger partial charge on any atom is 0.208 e. The lowest BCUT2D eigenvalue weighted by atomic mass is 10.2. The van der Waals surface area contributed by atoms with Crippen molar-refractivity contribution in [2.75, 3.05) is 0 Å². The SMILES string of the molecule is Cc1ccc(S(=O)(=O)Cc2cccc[n+]2[O-])cc1. The molecule has 2 aromatic rings. The Bertz CT molecular complexity index is 648. The van der Waals surface area contributed by atoms with Gasteiger partial charge in [-0.15, -0.1) is 0 Å². The molecule has 0 radical (unpaired) electrons. The number of pyridine rings is 1. The van der Waals surface area contributed by atoms with Gasteiger partial charge in [0.2, 0.25) is 5.69 Å². The van der Waals surface area contributed by atoms with Crippen molar-refractivity contribution >= 4 is 9.84 Å². The maximum atomic E-state index is 12.1. The van der Waals surface area contributed by atoms with Crippen LogP contribution in [0.2, 0.25) is 0 Å². The Morgan fingerprint density at radius 3 is 2.39 bits per heavy atom. The van der Waals surface area contributed by atoms with Crippen molar-refractivity contribution in [2.24, 2.45) is 0 Å². The Kier molecular flexibility index (Phi) is 3.34. The predicted octanol–water partition coefficient (Wildman–Crippen LogP) is 1.60. The van der Waals surface area contributed by atoms with E-state index < -0.39 is 9.84 Å². The maximum absolute atomic E-state index is 12.1. The number of aromatic nitrogens is 1. The smallest absolute Gasteiger partial charge is 0.208 e. The van der Waals surface area contributed by atoms with Crippen LogP contribution >= 0.6 is 0 Å². The molecule has 0 unspecified atom stereocenters. The van der Waals surface area contributed by atoms with Gasteiger partial charge in [0.15, 0.2) is 16.0 Å². The van der Waals surface area contributed by atoms with Crippen LogP contribution in [0.5, 0.6) is 0 Å². The summed E-state index contributed by atoms with van der Waals surface area (Å²) in [5.41, 5.74) is 1.21. The molecule has 0 bridgehead atoms. The Morgan fingerprint density at radius 2 is 1.78 bits per heavy atom. The van der Waals surface area contributed by atoms with E-state index in [2.05, 4.69) is 0 Å². The standard InChI is InChI=1S/C13H13NO3S/c1-11-5-7-13(8-6-11)18(16,17)10-12-4-2-3-9-14(12)15/h2-9H,10H2,1H3. The van der Waals surface area contributed by atoms with Gasteiger partial charge in [0, 0.05) is 12.1 Å². The lowest BCUT2D eigenvalue weighted by molar-refractivity contribution is -0.612. The monoisotopic (exact) mass is 263 g/mol. The van der Waals surface area contributed by atoms with Gasteiger partial charge in [-0.05, 0) is 25.1 Å². The van der Waals surface area contributed by atoms with E-state index in [9.17, 15) is 13.6 Å². The molecule has 0 N–H and O–H groups in total. The molecule has 5 heteroatoms. The second-order valence-electron chi connectivity index (χ2n) is 4.09. The lowest BCUT2D eigenvalue weighted by Gasteiger charge is -2.05. The lowest BCUT2D eigenvalue weighted by Crippen LogP contribution is -2.32. The van der Waals surface area contributed by atoms with Crippen molar-refractivity contribution in [3.63, 3.8) is 0 Å². The van der Waals surface area contributed by atoms with E-state index in [1.807, 2.05) is 6.92 Å². The molecule has 94 valence electrons. The van der Waals surface area contributed by atoms with Gasteiger partial charge in [-0.1, -0.05) is 17.7 Å². The first-order valence-corrected chi connectivity index (χ1v) is 7.11. The number of rotatable bonds is 3. The van der Waals surface area contributed by atoms with E-state index in [0.29, 0.717) is 4.73 Å². The molecule has 4 nitrogen and oxygen atoms in total. The van der Waals surface area contributed by atoms with Crippen molar-refractivity contribution in [1.82, 2.24) is 0 Å². The Balaban J connectivity index is 2.33. The molecular weight excluding hydrogens is 250 g/mol. The van der Waals surface area contributed by atoms with E-state index >= 15 is 0 Å². The summed E-state index contributed by atoms with van der Waals surface area (Å²) < 4.78 is 24.8. The molecule has 0 aliphatic rings. The second kappa shape index (κ2) is 4.78. The Labute approximate surface area is 106 Å². The molecule has 1 aromatic carbocycles. The summed E-state index contributed by atoms with van der Waals surface area (Å²) in [6, 6.07) is 11.3. The van der Waals surface area contributed by atoms with Gasteiger partial charge < -0.3 is 5.21 Å². The van der Waals surface area contributed by atoms with Gasteiger partial charge >= 0.3 is 0 Å². The molecule has 0 saturated heterocycles. The molecule has 1 aromatic heterocycles. The van der Waals surface area contributed by atoms with E-state index in [4.69, 9.17) is 0 Å². The average molecular weight is 263 g/mol. The summed E-state index contributed by atoms with van der Waals surface area (Å²) in [6.45, 7) is 1.89. The van der Waals surface area contributed by atoms with Crippen LogP contribution < -0.4 is 4.73 Å². The van der Waals surface area contributed by atoms with Crippen LogP contribution in [-0.4, -0.2) is 8.42 Å². The summed E-state index contributed by atoms with van der Waals surface area (Å²) >= 11 is 0. The fraction of sp³-hybridized carbons (Fsp3) is 0.154. The highest BCUT2D eigenvalue weighted by atomic mass is 32.2. The summed E-state index contributed by atoms with van der Waals surface area (Å²) in [6.07, 6.45) is 1.29. The fourth-order valence-corrected chi connectivity index (χ4v) is 2.93. The third-order valence-electron chi connectivity index (χ3n) is 2.62. The first-order chi connectivity index (χ1) is 8.49. The Morgan fingerprint density at radius 1 is 1.11 bits per heavy atom. The predicted molar refractivity (Wildman–Crippen MR) is 67.5 cm³/mol.